The molecule has 2 aromatic carbocycles. The molecule has 3 aromatic heterocycles. The molecule has 0 fully saturated rings. The van der Waals surface area contributed by atoms with Gasteiger partial charge in [0.05, 0.1) is 28.3 Å². The fourth-order valence-corrected chi connectivity index (χ4v) is 3.90. The molecule has 3 N–H and O–H groups in total. The average molecular weight is 461 g/mol. The third-order valence-electron chi connectivity index (χ3n) is 5.03. The molecule has 5 rings (SSSR count). The largest absolute Gasteiger partial charge is 0.343 e. The van der Waals surface area contributed by atoms with Crippen molar-refractivity contribution in [1.29, 1.82) is 0 Å². The maximum Gasteiger partial charge on any atom is 0.289 e. The number of imidazole rings is 1. The van der Waals surface area contributed by atoms with E-state index >= 15 is 0 Å². The second-order valence-corrected chi connectivity index (χ2v) is 7.96. The number of nitrogens with zero attached hydrogens (tertiary/aromatic N) is 3. The molecule has 7 nitrogen and oxygen atoms in total. The predicted molar refractivity (Wildman–Crippen MR) is 119 cm³/mol. The van der Waals surface area contributed by atoms with E-state index in [2.05, 4.69) is 46.4 Å². The van der Waals surface area contributed by atoms with E-state index in [1.54, 1.807) is 12.4 Å². The Hall–Kier alpha value is -3.52. The normalized spacial score (nSPS) is 12.3. The first kappa shape index (κ1) is 18.5. The third-order valence-corrected chi connectivity index (χ3v) is 5.52. The van der Waals surface area contributed by atoms with Gasteiger partial charge in [0.15, 0.2) is 0 Å². The summed E-state index contributed by atoms with van der Waals surface area (Å²) in [4.78, 5) is 25.7. The molecule has 0 aliphatic carbocycles. The molecular formula is C22H17BrN6O. The predicted octanol–water partition coefficient (Wildman–Crippen LogP) is 4.75. The molecule has 148 valence electrons. The van der Waals surface area contributed by atoms with Gasteiger partial charge < -0.3 is 10.4 Å². The number of aromatic amines is 2. The number of carbonyl (C=O) groups excluding carboxylic acids is 1. The van der Waals surface area contributed by atoms with Crippen LogP contribution in [0.3, 0.4) is 0 Å². The van der Waals surface area contributed by atoms with Crippen molar-refractivity contribution in [3.05, 3.63) is 76.8 Å². The Bertz CT molecular complexity index is 1370. The van der Waals surface area contributed by atoms with Crippen LogP contribution in [0.25, 0.3) is 33.2 Å². The van der Waals surface area contributed by atoms with Crippen molar-refractivity contribution in [2.45, 2.75) is 13.0 Å². The van der Waals surface area contributed by atoms with Crippen molar-refractivity contribution < 1.29 is 4.79 Å². The Kier molecular flexibility index (Phi) is 4.55. The highest BCUT2D eigenvalue weighted by Crippen LogP contribution is 2.29. The van der Waals surface area contributed by atoms with Crippen LogP contribution in [0.1, 0.15) is 29.1 Å². The smallest absolute Gasteiger partial charge is 0.289 e. The molecule has 3 heterocycles. The molecule has 0 bridgehead atoms. The number of rotatable bonds is 4. The number of amides is 1. The first-order chi connectivity index (χ1) is 14.6. The van der Waals surface area contributed by atoms with E-state index in [0.717, 1.165) is 32.2 Å². The van der Waals surface area contributed by atoms with Crippen molar-refractivity contribution in [3.63, 3.8) is 0 Å². The Morgan fingerprint density at radius 3 is 2.57 bits per heavy atom. The average Bonchev–Trinajstić information content (AvgIpc) is 3.36. The van der Waals surface area contributed by atoms with Crippen LogP contribution in [0.2, 0.25) is 0 Å². The SMILES string of the molecule is C[C@@H](NC(=O)c1nc2cc3[nH][nH]c(-c4ccncc4)c3cc2n1)c1cccc(Br)c1. The number of carbonyl (C=O) groups is 1. The number of halogens is 1. The summed E-state index contributed by atoms with van der Waals surface area (Å²) in [5, 5.41) is 10.3. The summed E-state index contributed by atoms with van der Waals surface area (Å²) < 4.78 is 0.966. The van der Waals surface area contributed by atoms with Crippen LogP contribution in [-0.4, -0.2) is 31.1 Å². The Morgan fingerprint density at radius 2 is 1.80 bits per heavy atom. The lowest BCUT2D eigenvalue weighted by Gasteiger charge is -2.13. The van der Waals surface area contributed by atoms with Gasteiger partial charge in [-0.1, -0.05) is 28.1 Å². The van der Waals surface area contributed by atoms with Crippen molar-refractivity contribution >= 4 is 43.8 Å². The summed E-state index contributed by atoms with van der Waals surface area (Å²) in [7, 11) is 0. The van der Waals surface area contributed by atoms with Gasteiger partial charge in [-0.3, -0.25) is 14.9 Å². The lowest BCUT2D eigenvalue weighted by atomic mass is 10.1. The maximum absolute atomic E-state index is 12.7. The lowest BCUT2D eigenvalue weighted by molar-refractivity contribution is 0.0930. The van der Waals surface area contributed by atoms with E-state index in [-0.39, 0.29) is 17.8 Å². The van der Waals surface area contributed by atoms with Gasteiger partial charge in [-0.25, -0.2) is 9.97 Å². The number of hydrogen-bond acceptors (Lipinski definition) is 4. The molecule has 0 radical (unpaired) electrons. The number of aromatic nitrogens is 5. The Labute approximate surface area is 180 Å². The summed E-state index contributed by atoms with van der Waals surface area (Å²) in [6.45, 7) is 1.93. The first-order valence-electron chi connectivity index (χ1n) is 9.43. The van der Waals surface area contributed by atoms with Gasteiger partial charge >= 0.3 is 0 Å². The summed E-state index contributed by atoms with van der Waals surface area (Å²) in [5.41, 5.74) is 5.18. The molecule has 30 heavy (non-hydrogen) atoms. The summed E-state index contributed by atoms with van der Waals surface area (Å²) >= 11 is 3.46. The van der Waals surface area contributed by atoms with Crippen molar-refractivity contribution in [2.24, 2.45) is 0 Å². The highest BCUT2D eigenvalue weighted by molar-refractivity contribution is 9.10. The minimum atomic E-state index is -0.303. The Morgan fingerprint density at radius 1 is 1.03 bits per heavy atom. The highest BCUT2D eigenvalue weighted by atomic mass is 79.9. The topological polar surface area (TPSA) is 99.3 Å². The maximum atomic E-state index is 12.7. The van der Waals surface area contributed by atoms with Gasteiger partial charge in [-0.15, -0.1) is 0 Å². The van der Waals surface area contributed by atoms with Crippen LogP contribution >= 0.6 is 15.9 Å². The van der Waals surface area contributed by atoms with Crippen LogP contribution in [0, 0.1) is 0 Å². The van der Waals surface area contributed by atoms with E-state index in [0.29, 0.717) is 11.0 Å². The number of nitrogens with one attached hydrogen (secondary N) is 3. The van der Waals surface area contributed by atoms with Gasteiger partial charge in [0.1, 0.15) is 0 Å². The highest BCUT2D eigenvalue weighted by Gasteiger charge is 2.18. The van der Waals surface area contributed by atoms with E-state index < -0.39 is 0 Å². The summed E-state index contributed by atoms with van der Waals surface area (Å²) in [5.74, 6) is -0.141. The van der Waals surface area contributed by atoms with E-state index in [1.807, 2.05) is 55.5 Å². The molecule has 0 unspecified atom stereocenters. The van der Waals surface area contributed by atoms with Gasteiger partial charge in [-0.05, 0) is 48.9 Å². The minimum Gasteiger partial charge on any atom is -0.343 e. The van der Waals surface area contributed by atoms with E-state index in [9.17, 15) is 4.79 Å². The van der Waals surface area contributed by atoms with Gasteiger partial charge in [0.2, 0.25) is 5.82 Å². The minimum absolute atomic E-state index is 0.161. The second kappa shape index (κ2) is 7.38. The number of fused-ring (bicyclic) bond motifs is 2. The van der Waals surface area contributed by atoms with E-state index in [1.165, 1.54) is 0 Å². The molecule has 1 atom stereocenters. The molecule has 1 amide bonds. The van der Waals surface area contributed by atoms with Gasteiger partial charge in [0.25, 0.3) is 5.91 Å². The number of hydrogen-bond donors (Lipinski definition) is 3. The zero-order valence-electron chi connectivity index (χ0n) is 16.0. The molecule has 0 saturated carbocycles. The molecule has 0 saturated heterocycles. The van der Waals surface area contributed by atoms with Crippen LogP contribution in [0.5, 0.6) is 0 Å². The molecular weight excluding hydrogens is 444 g/mol. The third kappa shape index (κ3) is 3.35. The Balaban J connectivity index is 1.46. The van der Waals surface area contributed by atoms with Gasteiger partial charge in [0, 0.05) is 27.8 Å². The molecule has 0 spiro atoms. The lowest BCUT2D eigenvalue weighted by Crippen LogP contribution is -2.27. The standard InChI is InChI=1S/C22H17BrN6O/c1-12(14-3-2-4-15(23)9-14)25-22(30)21-26-18-10-16-17(11-19(18)27-21)28-29-20(16)13-5-7-24-8-6-13/h2-12,28-29H,1H3,(H,25,30)/t12-/m1/s1. The second-order valence-electron chi connectivity index (χ2n) is 7.04. The first-order valence-corrected chi connectivity index (χ1v) is 10.2. The van der Waals surface area contributed by atoms with Crippen LogP contribution in [0.15, 0.2) is 65.4 Å². The summed E-state index contributed by atoms with van der Waals surface area (Å²) in [6, 6.07) is 15.4. The van der Waals surface area contributed by atoms with Crippen LogP contribution in [0.4, 0.5) is 0 Å². The van der Waals surface area contributed by atoms with E-state index in [4.69, 9.17) is 0 Å². The summed E-state index contributed by atoms with van der Waals surface area (Å²) in [6.07, 6.45) is 3.50. The molecule has 0 aliphatic rings. The fraction of sp³-hybridized carbons (Fsp3) is 0.0909. The quantitative estimate of drug-likeness (QED) is 0.360. The number of pyridine rings is 1. The fourth-order valence-electron chi connectivity index (χ4n) is 3.48. The van der Waals surface area contributed by atoms with Crippen molar-refractivity contribution in [1.82, 2.24) is 30.5 Å². The van der Waals surface area contributed by atoms with Crippen LogP contribution < -0.4 is 5.32 Å². The zero-order chi connectivity index (χ0) is 20.7. The number of benzene rings is 2. The zero-order valence-corrected chi connectivity index (χ0v) is 17.6. The molecule has 0 aliphatic heterocycles. The molecule has 8 heteroatoms. The van der Waals surface area contributed by atoms with Crippen molar-refractivity contribution in [3.8, 4) is 11.3 Å². The van der Waals surface area contributed by atoms with Gasteiger partial charge in [-0.2, -0.15) is 0 Å². The van der Waals surface area contributed by atoms with Crippen LogP contribution in [-0.2, 0) is 0 Å². The number of H-pyrrole nitrogens is 2. The molecule has 5 aromatic rings. The van der Waals surface area contributed by atoms with Crippen molar-refractivity contribution in [2.75, 3.05) is 0 Å². The monoisotopic (exact) mass is 460 g/mol.